The van der Waals surface area contributed by atoms with Crippen LogP contribution in [0.1, 0.15) is 45.1 Å². The molecule has 7 heteroatoms. The SMILES string of the molecule is CCC1(C[C@H]2C(N)[C@@H](c3cccc(Cl)c3F)[C@@H]3C(=O)OC(C)(C)N23)COC1. The van der Waals surface area contributed by atoms with Crippen molar-refractivity contribution in [2.75, 3.05) is 13.2 Å². The molecule has 1 aromatic rings. The van der Waals surface area contributed by atoms with Crippen molar-refractivity contribution in [2.45, 2.75) is 63.4 Å². The van der Waals surface area contributed by atoms with E-state index in [9.17, 15) is 9.18 Å². The van der Waals surface area contributed by atoms with Crippen molar-refractivity contribution in [1.29, 1.82) is 0 Å². The van der Waals surface area contributed by atoms with Crippen LogP contribution in [0.2, 0.25) is 5.02 Å². The fraction of sp³-hybridized carbons (Fsp3) is 0.650. The molecule has 0 radical (unpaired) electrons. The Morgan fingerprint density at radius 3 is 2.67 bits per heavy atom. The molecule has 0 bridgehead atoms. The predicted molar refractivity (Wildman–Crippen MR) is 99.9 cm³/mol. The molecule has 0 saturated carbocycles. The van der Waals surface area contributed by atoms with Gasteiger partial charge in [-0.25, -0.2) is 9.29 Å². The summed E-state index contributed by atoms with van der Waals surface area (Å²) in [5, 5.41) is 0.0396. The predicted octanol–water partition coefficient (Wildman–Crippen LogP) is 3.05. The third kappa shape index (κ3) is 2.80. The van der Waals surface area contributed by atoms with Gasteiger partial charge in [0.15, 0.2) is 5.72 Å². The van der Waals surface area contributed by atoms with Crippen LogP contribution >= 0.6 is 11.6 Å². The van der Waals surface area contributed by atoms with Gasteiger partial charge in [0, 0.05) is 23.4 Å². The van der Waals surface area contributed by atoms with E-state index in [4.69, 9.17) is 26.8 Å². The van der Waals surface area contributed by atoms with Crippen LogP contribution in [0.3, 0.4) is 0 Å². The van der Waals surface area contributed by atoms with Crippen LogP contribution in [0.25, 0.3) is 0 Å². The lowest BCUT2D eigenvalue weighted by molar-refractivity contribution is -0.156. The number of halogens is 2. The van der Waals surface area contributed by atoms with E-state index in [-0.39, 0.29) is 22.4 Å². The standard InChI is InChI=1S/C20H26ClFN2O3/c1-4-20(9-26-10-20)8-13-16(23)14(11-6-5-7-12(21)15(11)22)17-18(25)27-19(2,3)24(13)17/h5-7,13-14,16-17H,4,8-10,23H2,1-3H3/t13-,14+,16?,17+/m0/s1. The van der Waals surface area contributed by atoms with E-state index in [1.807, 2.05) is 13.8 Å². The summed E-state index contributed by atoms with van der Waals surface area (Å²) >= 11 is 6.01. The highest BCUT2D eigenvalue weighted by atomic mass is 35.5. The molecule has 5 nitrogen and oxygen atoms in total. The van der Waals surface area contributed by atoms with Gasteiger partial charge < -0.3 is 15.2 Å². The molecule has 2 N–H and O–H groups in total. The number of nitrogens with zero attached hydrogens (tertiary/aromatic N) is 1. The minimum Gasteiger partial charge on any atom is -0.443 e. The highest BCUT2D eigenvalue weighted by Gasteiger charge is 2.63. The van der Waals surface area contributed by atoms with Gasteiger partial charge in [-0.1, -0.05) is 30.7 Å². The zero-order chi connectivity index (χ0) is 19.6. The maximum Gasteiger partial charge on any atom is 0.325 e. The van der Waals surface area contributed by atoms with E-state index in [2.05, 4.69) is 11.8 Å². The van der Waals surface area contributed by atoms with Crippen molar-refractivity contribution < 1.29 is 18.7 Å². The molecule has 3 saturated heterocycles. The summed E-state index contributed by atoms with van der Waals surface area (Å²) in [6.45, 7) is 7.27. The lowest BCUT2D eigenvalue weighted by Gasteiger charge is -2.46. The third-order valence-corrected chi connectivity index (χ3v) is 6.91. The molecule has 0 amide bonds. The molecule has 4 atom stereocenters. The van der Waals surface area contributed by atoms with E-state index in [1.165, 1.54) is 6.07 Å². The largest absolute Gasteiger partial charge is 0.443 e. The minimum atomic E-state index is -0.784. The van der Waals surface area contributed by atoms with Gasteiger partial charge in [-0.2, -0.15) is 0 Å². The van der Waals surface area contributed by atoms with Crippen LogP contribution in [-0.4, -0.2) is 47.9 Å². The molecule has 3 aliphatic heterocycles. The monoisotopic (exact) mass is 396 g/mol. The fourth-order valence-electron chi connectivity index (χ4n) is 5.06. The van der Waals surface area contributed by atoms with Gasteiger partial charge in [0.05, 0.1) is 18.2 Å². The number of carbonyl (C=O) groups excluding carboxylic acids is 1. The van der Waals surface area contributed by atoms with Gasteiger partial charge in [-0.15, -0.1) is 0 Å². The summed E-state index contributed by atoms with van der Waals surface area (Å²) in [4.78, 5) is 14.8. The number of benzene rings is 1. The molecule has 0 aromatic heterocycles. The topological polar surface area (TPSA) is 64.8 Å². The molecular formula is C20H26ClFN2O3. The molecule has 148 valence electrons. The molecule has 1 unspecified atom stereocenters. The highest BCUT2D eigenvalue weighted by Crippen LogP contribution is 2.51. The van der Waals surface area contributed by atoms with Crippen molar-refractivity contribution in [2.24, 2.45) is 11.1 Å². The van der Waals surface area contributed by atoms with E-state index >= 15 is 0 Å². The summed E-state index contributed by atoms with van der Waals surface area (Å²) < 4.78 is 26.0. The first-order valence-corrected chi connectivity index (χ1v) is 9.87. The zero-order valence-corrected chi connectivity index (χ0v) is 16.6. The number of cyclic esters (lactones) is 1. The second-order valence-electron chi connectivity index (χ2n) is 8.58. The summed E-state index contributed by atoms with van der Waals surface area (Å²) in [6, 6.07) is 3.76. The minimum absolute atomic E-state index is 0.0396. The lowest BCUT2D eigenvalue weighted by Crippen LogP contribution is -2.54. The van der Waals surface area contributed by atoms with Crippen LogP contribution in [0, 0.1) is 11.2 Å². The highest BCUT2D eigenvalue weighted by molar-refractivity contribution is 6.30. The maximum atomic E-state index is 14.8. The van der Waals surface area contributed by atoms with Gasteiger partial charge in [0.2, 0.25) is 0 Å². The lowest BCUT2D eigenvalue weighted by atomic mass is 9.75. The number of hydrogen-bond donors (Lipinski definition) is 1. The quantitative estimate of drug-likeness (QED) is 0.792. The zero-order valence-electron chi connectivity index (χ0n) is 15.9. The van der Waals surface area contributed by atoms with Crippen molar-refractivity contribution in [3.8, 4) is 0 Å². The average Bonchev–Trinajstić information content (AvgIpc) is 2.98. The van der Waals surface area contributed by atoms with Crippen LogP contribution in [-0.2, 0) is 14.3 Å². The average molecular weight is 397 g/mol. The Labute approximate surface area is 163 Å². The van der Waals surface area contributed by atoms with E-state index in [0.717, 1.165) is 12.8 Å². The molecule has 3 aliphatic rings. The first kappa shape index (κ1) is 19.1. The van der Waals surface area contributed by atoms with Crippen molar-refractivity contribution in [3.63, 3.8) is 0 Å². The van der Waals surface area contributed by atoms with Crippen LogP contribution in [0.5, 0.6) is 0 Å². The smallest absolute Gasteiger partial charge is 0.325 e. The number of rotatable bonds is 4. The number of ether oxygens (including phenoxy) is 2. The normalized spacial score (nSPS) is 34.2. The number of nitrogens with two attached hydrogens (primary N) is 1. The first-order valence-electron chi connectivity index (χ1n) is 9.49. The molecule has 3 heterocycles. The number of esters is 1. The molecular weight excluding hydrogens is 371 g/mol. The van der Waals surface area contributed by atoms with Crippen LogP contribution < -0.4 is 5.73 Å². The van der Waals surface area contributed by atoms with Crippen LogP contribution in [0.15, 0.2) is 18.2 Å². The summed E-state index contributed by atoms with van der Waals surface area (Å²) in [5.74, 6) is -1.36. The van der Waals surface area contributed by atoms with Gasteiger partial charge in [0.25, 0.3) is 0 Å². The second kappa shape index (κ2) is 6.41. The van der Waals surface area contributed by atoms with E-state index < -0.39 is 29.5 Å². The number of hydrogen-bond acceptors (Lipinski definition) is 5. The van der Waals surface area contributed by atoms with E-state index in [0.29, 0.717) is 18.8 Å². The number of carbonyl (C=O) groups is 1. The fourth-order valence-corrected chi connectivity index (χ4v) is 5.24. The van der Waals surface area contributed by atoms with Gasteiger partial charge in [0.1, 0.15) is 11.9 Å². The molecule has 27 heavy (non-hydrogen) atoms. The Kier molecular flexibility index (Phi) is 4.54. The van der Waals surface area contributed by atoms with Gasteiger partial charge in [-0.3, -0.25) is 4.79 Å². The molecule has 3 fully saturated rings. The van der Waals surface area contributed by atoms with Crippen molar-refractivity contribution >= 4 is 17.6 Å². The molecule has 1 aromatic carbocycles. The first-order chi connectivity index (χ1) is 12.7. The molecule has 0 aliphatic carbocycles. The Hall–Kier alpha value is -1.21. The Balaban J connectivity index is 1.77. The van der Waals surface area contributed by atoms with Gasteiger partial charge in [-0.05, 0) is 38.3 Å². The van der Waals surface area contributed by atoms with Crippen molar-refractivity contribution in [3.05, 3.63) is 34.6 Å². The molecule has 0 spiro atoms. The Bertz CT molecular complexity index is 762. The summed E-state index contributed by atoms with van der Waals surface area (Å²) in [7, 11) is 0. The second-order valence-corrected chi connectivity index (χ2v) is 8.99. The maximum absolute atomic E-state index is 14.8. The summed E-state index contributed by atoms with van der Waals surface area (Å²) in [6.07, 6.45) is 1.76. The Morgan fingerprint density at radius 1 is 1.37 bits per heavy atom. The summed E-state index contributed by atoms with van der Waals surface area (Å²) in [5.41, 5.74) is 6.34. The van der Waals surface area contributed by atoms with Gasteiger partial charge >= 0.3 is 5.97 Å². The Morgan fingerprint density at radius 2 is 2.07 bits per heavy atom. The van der Waals surface area contributed by atoms with E-state index in [1.54, 1.807) is 12.1 Å². The van der Waals surface area contributed by atoms with Crippen LogP contribution in [0.4, 0.5) is 4.39 Å². The van der Waals surface area contributed by atoms with Crippen molar-refractivity contribution in [1.82, 2.24) is 4.90 Å². The molecule has 4 rings (SSSR count). The third-order valence-electron chi connectivity index (χ3n) is 6.62. The number of fused-ring (bicyclic) bond motifs is 1.